The SMILES string of the molecule is Cc1cc(Nc2nc(N[C@H]3C[C@H](NC(=O)OC(C)(C)C)C3)c3sccc3n2)sn1. The first-order valence-corrected chi connectivity index (χ1v) is 11.1. The number of alkyl carbamates (subject to hydrolysis) is 1. The molecule has 0 unspecified atom stereocenters. The van der Waals surface area contributed by atoms with E-state index in [9.17, 15) is 4.79 Å². The number of hydrogen-bond donors (Lipinski definition) is 3. The number of aromatic nitrogens is 3. The fraction of sp³-hybridized carbons (Fsp3) is 0.474. The number of hydrogen-bond acceptors (Lipinski definition) is 9. The van der Waals surface area contributed by atoms with E-state index < -0.39 is 5.60 Å². The zero-order chi connectivity index (χ0) is 20.6. The molecule has 0 spiro atoms. The third-order valence-electron chi connectivity index (χ3n) is 4.37. The molecule has 1 amide bonds. The van der Waals surface area contributed by atoms with Gasteiger partial charge in [-0.15, -0.1) is 11.3 Å². The Kier molecular flexibility index (Phi) is 5.30. The van der Waals surface area contributed by atoms with Crippen molar-refractivity contribution in [1.29, 1.82) is 0 Å². The van der Waals surface area contributed by atoms with Gasteiger partial charge in [0.05, 0.1) is 15.9 Å². The third-order valence-corrected chi connectivity index (χ3v) is 6.07. The minimum absolute atomic E-state index is 0.112. The lowest BCUT2D eigenvalue weighted by Crippen LogP contribution is -2.50. The Balaban J connectivity index is 1.39. The molecule has 0 radical (unpaired) electrons. The van der Waals surface area contributed by atoms with Crippen molar-refractivity contribution >= 4 is 55.9 Å². The lowest BCUT2D eigenvalue weighted by molar-refractivity contribution is 0.0475. The molecule has 1 fully saturated rings. The van der Waals surface area contributed by atoms with Crippen LogP contribution in [0.5, 0.6) is 0 Å². The summed E-state index contributed by atoms with van der Waals surface area (Å²) in [6.45, 7) is 7.53. The molecule has 29 heavy (non-hydrogen) atoms. The lowest BCUT2D eigenvalue weighted by Gasteiger charge is -2.36. The second-order valence-electron chi connectivity index (χ2n) is 8.14. The van der Waals surface area contributed by atoms with Gasteiger partial charge < -0.3 is 20.7 Å². The Morgan fingerprint density at radius 3 is 2.72 bits per heavy atom. The number of carbonyl (C=O) groups excluding carboxylic acids is 1. The van der Waals surface area contributed by atoms with Crippen molar-refractivity contribution in [3.05, 3.63) is 23.2 Å². The summed E-state index contributed by atoms with van der Waals surface area (Å²) in [5.41, 5.74) is 1.38. The maximum atomic E-state index is 11.9. The summed E-state index contributed by atoms with van der Waals surface area (Å²) in [5.74, 6) is 1.36. The van der Waals surface area contributed by atoms with Gasteiger partial charge in [0, 0.05) is 12.1 Å². The van der Waals surface area contributed by atoms with Crippen LogP contribution in [0.4, 0.5) is 21.6 Å². The van der Waals surface area contributed by atoms with Crippen LogP contribution in [0.1, 0.15) is 39.3 Å². The number of rotatable bonds is 5. The first-order valence-electron chi connectivity index (χ1n) is 9.47. The number of aryl methyl sites for hydroxylation is 1. The zero-order valence-corrected chi connectivity index (χ0v) is 18.4. The van der Waals surface area contributed by atoms with Crippen molar-refractivity contribution in [1.82, 2.24) is 19.7 Å². The molecule has 10 heteroatoms. The molecule has 0 atom stereocenters. The Morgan fingerprint density at radius 1 is 1.24 bits per heavy atom. The van der Waals surface area contributed by atoms with Gasteiger partial charge in [0.2, 0.25) is 5.95 Å². The van der Waals surface area contributed by atoms with Gasteiger partial charge >= 0.3 is 6.09 Å². The van der Waals surface area contributed by atoms with E-state index in [0.29, 0.717) is 5.95 Å². The maximum Gasteiger partial charge on any atom is 0.407 e. The van der Waals surface area contributed by atoms with Crippen molar-refractivity contribution in [2.24, 2.45) is 0 Å². The van der Waals surface area contributed by atoms with Crippen molar-refractivity contribution in [2.45, 2.75) is 58.2 Å². The monoisotopic (exact) mass is 432 g/mol. The summed E-state index contributed by atoms with van der Waals surface area (Å²) < 4.78 is 10.6. The molecule has 3 heterocycles. The first kappa shape index (κ1) is 19.8. The molecule has 8 nitrogen and oxygen atoms in total. The van der Waals surface area contributed by atoms with Crippen molar-refractivity contribution in [3.63, 3.8) is 0 Å². The lowest BCUT2D eigenvalue weighted by atomic mass is 9.87. The summed E-state index contributed by atoms with van der Waals surface area (Å²) in [6.07, 6.45) is 1.29. The molecule has 1 aliphatic rings. The molecule has 1 aliphatic carbocycles. The van der Waals surface area contributed by atoms with Gasteiger partial charge in [-0.1, -0.05) is 0 Å². The molecular formula is C19H24N6O2S2. The van der Waals surface area contributed by atoms with Gasteiger partial charge in [-0.25, -0.2) is 9.78 Å². The largest absolute Gasteiger partial charge is 0.444 e. The van der Waals surface area contributed by atoms with Crippen LogP contribution in [0.3, 0.4) is 0 Å². The summed E-state index contributed by atoms with van der Waals surface area (Å²) >= 11 is 3.00. The summed E-state index contributed by atoms with van der Waals surface area (Å²) in [6, 6.07) is 4.32. The van der Waals surface area contributed by atoms with E-state index in [2.05, 4.69) is 30.3 Å². The molecule has 0 aliphatic heterocycles. The highest BCUT2D eigenvalue weighted by Crippen LogP contribution is 2.32. The minimum Gasteiger partial charge on any atom is -0.444 e. The van der Waals surface area contributed by atoms with Gasteiger partial charge in [-0.05, 0) is 69.6 Å². The van der Waals surface area contributed by atoms with E-state index >= 15 is 0 Å². The number of anilines is 3. The van der Waals surface area contributed by atoms with E-state index in [0.717, 1.165) is 39.6 Å². The molecule has 154 valence electrons. The van der Waals surface area contributed by atoms with Crippen molar-refractivity contribution in [2.75, 3.05) is 10.6 Å². The Bertz CT molecular complexity index is 1020. The quantitative estimate of drug-likeness (QED) is 0.539. The number of fused-ring (bicyclic) bond motifs is 1. The molecule has 1 saturated carbocycles. The van der Waals surface area contributed by atoms with E-state index in [-0.39, 0.29) is 18.2 Å². The Labute approximate surface area is 177 Å². The fourth-order valence-corrected chi connectivity index (χ4v) is 4.51. The normalized spacial score (nSPS) is 18.9. The Hall–Kier alpha value is -2.46. The average molecular weight is 433 g/mol. The van der Waals surface area contributed by atoms with Crippen LogP contribution in [0.15, 0.2) is 17.5 Å². The number of thiophene rings is 1. The molecule has 4 rings (SSSR count). The fourth-order valence-electron chi connectivity index (χ4n) is 3.07. The van der Waals surface area contributed by atoms with E-state index in [4.69, 9.17) is 4.74 Å². The molecule has 0 saturated heterocycles. The van der Waals surface area contributed by atoms with Crippen LogP contribution in [0.25, 0.3) is 10.2 Å². The van der Waals surface area contributed by atoms with Crippen LogP contribution < -0.4 is 16.0 Å². The van der Waals surface area contributed by atoms with E-state index in [1.165, 1.54) is 11.5 Å². The molecule has 0 aromatic carbocycles. The molecular weight excluding hydrogens is 408 g/mol. The predicted molar refractivity (Wildman–Crippen MR) is 117 cm³/mol. The third kappa shape index (κ3) is 4.94. The van der Waals surface area contributed by atoms with Crippen LogP contribution >= 0.6 is 22.9 Å². The number of carbonyl (C=O) groups is 1. The highest BCUT2D eigenvalue weighted by atomic mass is 32.1. The molecule has 3 aromatic rings. The van der Waals surface area contributed by atoms with Gasteiger partial charge in [0.1, 0.15) is 16.4 Å². The van der Waals surface area contributed by atoms with E-state index in [1.54, 1.807) is 11.3 Å². The van der Waals surface area contributed by atoms with Crippen molar-refractivity contribution in [3.8, 4) is 0 Å². The van der Waals surface area contributed by atoms with Gasteiger partial charge in [-0.2, -0.15) is 9.36 Å². The topological polar surface area (TPSA) is 101 Å². The number of ether oxygens (including phenoxy) is 1. The highest BCUT2D eigenvalue weighted by Gasteiger charge is 2.32. The predicted octanol–water partition coefficient (Wildman–Crippen LogP) is 4.67. The zero-order valence-electron chi connectivity index (χ0n) is 16.8. The highest BCUT2D eigenvalue weighted by molar-refractivity contribution is 7.17. The second kappa shape index (κ2) is 7.75. The first-order chi connectivity index (χ1) is 13.7. The Morgan fingerprint density at radius 2 is 2.03 bits per heavy atom. The maximum absolute atomic E-state index is 11.9. The smallest absolute Gasteiger partial charge is 0.407 e. The van der Waals surface area contributed by atoms with Crippen LogP contribution in [0.2, 0.25) is 0 Å². The minimum atomic E-state index is -0.489. The summed E-state index contributed by atoms with van der Waals surface area (Å²) in [5, 5.41) is 12.6. The van der Waals surface area contributed by atoms with Crippen LogP contribution in [0, 0.1) is 6.92 Å². The average Bonchev–Trinajstić information content (AvgIpc) is 3.20. The number of amides is 1. The molecule has 3 N–H and O–H groups in total. The van der Waals surface area contributed by atoms with Crippen molar-refractivity contribution < 1.29 is 9.53 Å². The molecule has 0 bridgehead atoms. The summed E-state index contributed by atoms with van der Waals surface area (Å²) in [4.78, 5) is 21.2. The van der Waals surface area contributed by atoms with E-state index in [1.807, 2.05) is 45.2 Å². The molecule has 3 aromatic heterocycles. The van der Waals surface area contributed by atoms with Gasteiger partial charge in [-0.3, -0.25) is 0 Å². The number of nitrogens with zero attached hydrogens (tertiary/aromatic N) is 3. The number of nitrogens with one attached hydrogen (secondary N) is 3. The van der Waals surface area contributed by atoms with Gasteiger partial charge in [0.25, 0.3) is 0 Å². The standard InChI is InChI=1S/C19H24N6O2S2/c1-10-7-14(29-25-10)23-17-22-13-5-6-28-15(13)16(24-17)20-11-8-12(9-11)21-18(26)27-19(2,3)4/h5-7,11-12H,8-9H2,1-4H3,(H,21,26)(H2,20,22,23,24)/t11-,12-. The van der Waals surface area contributed by atoms with Gasteiger partial charge in [0.15, 0.2) is 0 Å². The van der Waals surface area contributed by atoms with Crippen LogP contribution in [-0.2, 0) is 4.74 Å². The second-order valence-corrected chi connectivity index (χ2v) is 9.87. The summed E-state index contributed by atoms with van der Waals surface area (Å²) in [7, 11) is 0. The van der Waals surface area contributed by atoms with Crippen LogP contribution in [-0.4, -0.2) is 38.1 Å².